The van der Waals surface area contributed by atoms with E-state index in [-0.39, 0.29) is 18.9 Å². The van der Waals surface area contributed by atoms with Crippen molar-refractivity contribution < 1.29 is 27.9 Å². The molecule has 0 saturated carbocycles. The number of halogens is 3. The van der Waals surface area contributed by atoms with Crippen LogP contribution in [0.15, 0.2) is 5.16 Å². The molecule has 1 rings (SSSR count). The third kappa shape index (κ3) is 5.76. The van der Waals surface area contributed by atoms with E-state index in [9.17, 15) is 18.0 Å². The Balaban J connectivity index is 2.32. The first kappa shape index (κ1) is 17.5. The zero-order chi connectivity index (χ0) is 15.9. The van der Waals surface area contributed by atoms with Crippen LogP contribution in [0.1, 0.15) is 6.42 Å². The maximum absolute atomic E-state index is 12.6. The molecule has 1 fully saturated rings. The smallest absolute Gasteiger partial charge is 0.400 e. The van der Waals surface area contributed by atoms with Crippen molar-refractivity contribution in [2.45, 2.75) is 12.6 Å². The molecule has 1 saturated heterocycles. The minimum atomic E-state index is -4.61. The zero-order valence-electron chi connectivity index (χ0n) is 11.4. The Morgan fingerprint density at radius 3 is 2.57 bits per heavy atom. The maximum atomic E-state index is 12.6. The first-order valence-electron chi connectivity index (χ1n) is 6.46. The van der Waals surface area contributed by atoms with Gasteiger partial charge in [0.25, 0.3) is 0 Å². The fourth-order valence-corrected chi connectivity index (χ4v) is 1.87. The number of amidine groups is 1. The second-order valence-corrected chi connectivity index (χ2v) is 4.57. The normalized spacial score (nSPS) is 18.6. The molecule has 0 radical (unpaired) electrons. The number of alkyl halides is 3. The molecule has 0 spiro atoms. The summed E-state index contributed by atoms with van der Waals surface area (Å²) >= 11 is 0. The third-order valence-corrected chi connectivity index (χ3v) is 3.10. The summed E-state index contributed by atoms with van der Waals surface area (Å²) < 4.78 is 43.0. The van der Waals surface area contributed by atoms with Crippen LogP contribution in [-0.4, -0.2) is 67.4 Å². The van der Waals surface area contributed by atoms with Crippen molar-refractivity contribution in [2.75, 3.05) is 39.4 Å². The van der Waals surface area contributed by atoms with Gasteiger partial charge in [-0.2, -0.15) is 13.2 Å². The van der Waals surface area contributed by atoms with Crippen molar-refractivity contribution in [2.24, 2.45) is 16.8 Å². The van der Waals surface area contributed by atoms with Crippen LogP contribution < -0.4 is 11.1 Å². The summed E-state index contributed by atoms with van der Waals surface area (Å²) in [5, 5.41) is 13.2. The van der Waals surface area contributed by atoms with Gasteiger partial charge in [-0.3, -0.25) is 4.79 Å². The number of nitrogens with two attached hydrogens (primary N) is 1. The topological polar surface area (TPSA) is 100 Å². The van der Waals surface area contributed by atoms with Gasteiger partial charge in [-0.25, -0.2) is 0 Å². The van der Waals surface area contributed by atoms with Crippen LogP contribution in [0.25, 0.3) is 0 Å². The van der Waals surface area contributed by atoms with Crippen LogP contribution in [0.2, 0.25) is 0 Å². The molecular weight excluding hydrogens is 293 g/mol. The third-order valence-electron chi connectivity index (χ3n) is 3.10. The van der Waals surface area contributed by atoms with E-state index in [1.54, 1.807) is 4.90 Å². The molecule has 21 heavy (non-hydrogen) atoms. The fourth-order valence-electron chi connectivity index (χ4n) is 1.87. The van der Waals surface area contributed by atoms with Gasteiger partial charge in [0.05, 0.1) is 13.2 Å². The molecule has 0 bridgehead atoms. The minimum absolute atomic E-state index is 0.0841. The second-order valence-electron chi connectivity index (χ2n) is 4.57. The Bertz CT molecular complexity index is 370. The van der Waals surface area contributed by atoms with Gasteiger partial charge in [0.15, 0.2) is 5.84 Å². The Labute approximate surface area is 119 Å². The molecule has 0 aromatic rings. The van der Waals surface area contributed by atoms with Gasteiger partial charge in [0.2, 0.25) is 5.91 Å². The minimum Gasteiger partial charge on any atom is -0.409 e. The average Bonchev–Trinajstić information content (AvgIpc) is 2.45. The number of hydrogen-bond donors (Lipinski definition) is 3. The number of amides is 1. The van der Waals surface area contributed by atoms with Crippen molar-refractivity contribution in [1.82, 2.24) is 10.2 Å². The van der Waals surface area contributed by atoms with Gasteiger partial charge in [-0.05, 0) is 0 Å². The summed E-state index contributed by atoms with van der Waals surface area (Å²) in [6.45, 7) is 1.47. The van der Waals surface area contributed by atoms with E-state index in [0.29, 0.717) is 26.3 Å². The van der Waals surface area contributed by atoms with Gasteiger partial charge >= 0.3 is 6.18 Å². The van der Waals surface area contributed by atoms with Crippen molar-refractivity contribution in [3.05, 3.63) is 0 Å². The molecule has 1 aliphatic heterocycles. The Morgan fingerprint density at radius 1 is 1.43 bits per heavy atom. The fraction of sp³-hybridized carbons (Fsp3) is 0.818. The number of carbonyl (C=O) groups is 1. The quantitative estimate of drug-likeness (QED) is 0.206. The average molecular weight is 312 g/mol. The summed E-state index contributed by atoms with van der Waals surface area (Å²) in [6, 6.07) is 0. The monoisotopic (exact) mass is 312 g/mol. The molecule has 1 amide bonds. The molecule has 4 N–H and O–H groups in total. The van der Waals surface area contributed by atoms with Crippen LogP contribution in [0.3, 0.4) is 0 Å². The SMILES string of the molecule is NC(=NO)C(CNCCC(=O)N1CCOCC1)C(F)(F)F. The highest BCUT2D eigenvalue weighted by atomic mass is 19.4. The largest absolute Gasteiger partial charge is 0.409 e. The van der Waals surface area contributed by atoms with E-state index in [1.807, 2.05) is 0 Å². The molecule has 1 heterocycles. The highest BCUT2D eigenvalue weighted by molar-refractivity contribution is 5.83. The lowest BCUT2D eigenvalue weighted by atomic mass is 10.1. The van der Waals surface area contributed by atoms with Crippen molar-refractivity contribution >= 4 is 11.7 Å². The predicted octanol–water partition coefficient (Wildman–Crippen LogP) is -0.250. The number of nitrogens with one attached hydrogen (secondary N) is 1. The second kappa shape index (κ2) is 8.03. The molecule has 1 unspecified atom stereocenters. The lowest BCUT2D eigenvalue weighted by molar-refractivity contribution is -0.154. The molecule has 7 nitrogen and oxygen atoms in total. The standard InChI is InChI=1S/C11H19F3N4O3/c12-11(13,14)8(10(15)17-20)7-16-2-1-9(19)18-3-5-21-6-4-18/h8,16,20H,1-7H2,(H2,15,17). The predicted molar refractivity (Wildman–Crippen MR) is 67.8 cm³/mol. The first-order chi connectivity index (χ1) is 9.86. The molecular formula is C11H19F3N4O3. The van der Waals surface area contributed by atoms with Crippen molar-refractivity contribution in [3.63, 3.8) is 0 Å². The number of oxime groups is 1. The van der Waals surface area contributed by atoms with Crippen LogP contribution in [0.5, 0.6) is 0 Å². The van der Waals surface area contributed by atoms with Crippen molar-refractivity contribution in [3.8, 4) is 0 Å². The number of hydrogen-bond acceptors (Lipinski definition) is 5. The number of morpholine rings is 1. The Kier molecular flexibility index (Phi) is 6.69. The number of ether oxygens (including phenoxy) is 1. The van der Waals surface area contributed by atoms with E-state index in [4.69, 9.17) is 15.7 Å². The maximum Gasteiger partial charge on any atom is 0.400 e. The molecule has 0 aliphatic carbocycles. The van der Waals surface area contributed by atoms with E-state index < -0.39 is 24.5 Å². The highest BCUT2D eigenvalue weighted by Gasteiger charge is 2.42. The van der Waals surface area contributed by atoms with Gasteiger partial charge in [0, 0.05) is 32.6 Å². The summed E-state index contributed by atoms with van der Waals surface area (Å²) in [4.78, 5) is 13.4. The van der Waals surface area contributed by atoms with Gasteiger partial charge < -0.3 is 25.9 Å². The Morgan fingerprint density at radius 2 is 2.05 bits per heavy atom. The molecule has 10 heteroatoms. The van der Waals surface area contributed by atoms with Crippen molar-refractivity contribution in [1.29, 1.82) is 0 Å². The number of carbonyl (C=O) groups excluding carboxylic acids is 1. The molecule has 1 aliphatic rings. The summed E-state index contributed by atoms with van der Waals surface area (Å²) in [5.41, 5.74) is 5.01. The molecule has 122 valence electrons. The lowest BCUT2D eigenvalue weighted by Gasteiger charge is -2.27. The van der Waals surface area contributed by atoms with Gasteiger partial charge in [-0.1, -0.05) is 5.16 Å². The molecule has 0 aromatic carbocycles. The molecule has 0 aromatic heterocycles. The lowest BCUT2D eigenvalue weighted by Crippen LogP contribution is -2.44. The molecule has 1 atom stereocenters. The van der Waals surface area contributed by atoms with Crippen LogP contribution in [0.4, 0.5) is 13.2 Å². The number of nitrogens with zero attached hydrogens (tertiary/aromatic N) is 2. The first-order valence-corrected chi connectivity index (χ1v) is 6.46. The van der Waals surface area contributed by atoms with Crippen LogP contribution >= 0.6 is 0 Å². The van der Waals surface area contributed by atoms with Gasteiger partial charge in [-0.15, -0.1) is 0 Å². The number of rotatable bonds is 6. The highest BCUT2D eigenvalue weighted by Crippen LogP contribution is 2.25. The summed E-state index contributed by atoms with van der Waals surface area (Å²) in [7, 11) is 0. The van der Waals surface area contributed by atoms with E-state index in [2.05, 4.69) is 10.5 Å². The van der Waals surface area contributed by atoms with E-state index >= 15 is 0 Å². The summed E-state index contributed by atoms with van der Waals surface area (Å²) in [6.07, 6.45) is -4.53. The van der Waals surface area contributed by atoms with Crippen LogP contribution in [0, 0.1) is 5.92 Å². The Hall–Kier alpha value is -1.55. The van der Waals surface area contributed by atoms with Crippen LogP contribution in [-0.2, 0) is 9.53 Å². The van der Waals surface area contributed by atoms with Gasteiger partial charge in [0.1, 0.15) is 5.92 Å². The van der Waals surface area contributed by atoms with E-state index in [1.165, 1.54) is 0 Å². The zero-order valence-corrected chi connectivity index (χ0v) is 11.4. The van der Waals surface area contributed by atoms with E-state index in [0.717, 1.165) is 0 Å². The summed E-state index contributed by atoms with van der Waals surface area (Å²) in [5.74, 6) is -3.13.